The molecular weight excluding hydrogens is 469 g/mol. The van der Waals surface area contributed by atoms with E-state index in [1.807, 2.05) is 0 Å². The molecule has 0 N–H and O–H groups in total. The summed E-state index contributed by atoms with van der Waals surface area (Å²) >= 11 is 11.4. The Hall–Kier alpha value is 1.48. The van der Waals surface area contributed by atoms with E-state index >= 15 is 0 Å². The molecule has 2 aliphatic rings. The van der Waals surface area contributed by atoms with Crippen LogP contribution in [0.2, 0.25) is 0 Å². The van der Waals surface area contributed by atoms with Crippen LogP contribution in [0.3, 0.4) is 0 Å². The molecule has 0 spiro atoms. The van der Waals surface area contributed by atoms with Crippen molar-refractivity contribution in [1.82, 2.24) is 0 Å². The van der Waals surface area contributed by atoms with Gasteiger partial charge in [-0.25, -0.2) is 0 Å². The van der Waals surface area contributed by atoms with Gasteiger partial charge in [0.1, 0.15) is 0 Å². The molecule has 2 aliphatic heterocycles. The van der Waals surface area contributed by atoms with E-state index in [0.717, 1.165) is 10.5 Å². The monoisotopic (exact) mass is 488 g/mol. The van der Waals surface area contributed by atoms with Crippen LogP contribution in [0.5, 0.6) is 0 Å². The Morgan fingerprint density at radius 2 is 1.68 bits per heavy atom. The summed E-state index contributed by atoms with van der Waals surface area (Å²) in [7, 11) is 0. The van der Waals surface area contributed by atoms with Crippen LogP contribution in [-0.2, 0) is 12.8 Å². The SMILES string of the molecule is [Se]=C(Cc1c[se]c(CC(=[Se])CC2CS2)c1)CC1CS1. The molecule has 0 amide bonds. The molecule has 0 bridgehead atoms. The molecule has 102 valence electrons. The molecule has 3 heterocycles. The van der Waals surface area contributed by atoms with E-state index in [0.29, 0.717) is 14.5 Å². The Morgan fingerprint density at radius 3 is 2.26 bits per heavy atom. The van der Waals surface area contributed by atoms with E-state index in [1.54, 1.807) is 18.8 Å². The van der Waals surface area contributed by atoms with E-state index in [2.05, 4.69) is 65.7 Å². The summed E-state index contributed by atoms with van der Waals surface area (Å²) < 4.78 is 4.78. The quantitative estimate of drug-likeness (QED) is 0.405. The standard InChI is InChI=1S/C14H16S2Se3/c17-12(3-10-6-15-10)1-9-2-14(19-8-9)5-13(18)4-11-7-16-11/h2,8,10-11H,1,3-7H2. The molecule has 2 fully saturated rings. The van der Waals surface area contributed by atoms with E-state index in [-0.39, 0.29) is 0 Å². The molecule has 0 aliphatic carbocycles. The van der Waals surface area contributed by atoms with Crippen molar-refractivity contribution >= 4 is 78.0 Å². The fourth-order valence-electron chi connectivity index (χ4n) is 2.06. The molecule has 1 aromatic rings. The predicted molar refractivity (Wildman–Crippen MR) is 94.0 cm³/mol. The molecule has 1 aromatic heterocycles. The van der Waals surface area contributed by atoms with Crippen LogP contribution in [0, 0.1) is 0 Å². The van der Waals surface area contributed by atoms with Crippen molar-refractivity contribution in [1.29, 1.82) is 0 Å². The van der Waals surface area contributed by atoms with Crippen molar-refractivity contribution in [3.63, 3.8) is 0 Å². The third-order valence-electron chi connectivity index (χ3n) is 3.20. The maximum atomic E-state index is 3.30. The summed E-state index contributed by atoms with van der Waals surface area (Å²) in [5, 5.41) is 1.85. The minimum absolute atomic E-state index is 0.607. The van der Waals surface area contributed by atoms with Crippen LogP contribution < -0.4 is 0 Å². The molecule has 3 rings (SSSR count). The van der Waals surface area contributed by atoms with Gasteiger partial charge in [-0.2, -0.15) is 0 Å². The fourth-order valence-corrected chi connectivity index (χ4v) is 7.62. The molecule has 5 heteroatoms. The molecule has 2 atom stereocenters. The zero-order chi connectivity index (χ0) is 13.2. The van der Waals surface area contributed by atoms with E-state index in [1.165, 1.54) is 37.2 Å². The summed E-state index contributed by atoms with van der Waals surface area (Å²) in [6.45, 7) is 0. The van der Waals surface area contributed by atoms with Gasteiger partial charge in [-0.05, 0) is 0 Å². The van der Waals surface area contributed by atoms with Gasteiger partial charge in [-0.15, -0.1) is 0 Å². The first-order valence-electron chi connectivity index (χ1n) is 6.52. The topological polar surface area (TPSA) is 0 Å². The average molecular weight is 485 g/mol. The number of rotatable bonds is 8. The Bertz CT molecular complexity index is 444. The van der Waals surface area contributed by atoms with E-state index in [9.17, 15) is 0 Å². The second-order valence-electron chi connectivity index (χ2n) is 5.17. The van der Waals surface area contributed by atoms with Gasteiger partial charge in [0.05, 0.1) is 0 Å². The second kappa shape index (κ2) is 7.16. The second-order valence-corrected chi connectivity index (χ2v) is 12.3. The molecule has 2 saturated heterocycles. The summed E-state index contributed by atoms with van der Waals surface area (Å²) in [4.78, 5) is 2.48. The van der Waals surface area contributed by atoms with E-state index < -0.39 is 0 Å². The Kier molecular flexibility index (Phi) is 5.79. The number of hydrogen-bond donors (Lipinski definition) is 0. The molecule has 0 radical (unpaired) electrons. The molecule has 0 aromatic carbocycles. The zero-order valence-electron chi connectivity index (χ0n) is 10.6. The van der Waals surface area contributed by atoms with Crippen molar-refractivity contribution in [3.05, 3.63) is 21.0 Å². The normalized spacial score (nSPS) is 24.2. The van der Waals surface area contributed by atoms with Crippen LogP contribution in [0.1, 0.15) is 22.8 Å². The van der Waals surface area contributed by atoms with Crippen molar-refractivity contribution < 1.29 is 0 Å². The van der Waals surface area contributed by atoms with Gasteiger partial charge in [0.25, 0.3) is 0 Å². The number of thioether (sulfide) groups is 2. The summed E-state index contributed by atoms with van der Waals surface area (Å²) in [5.74, 6) is 2.75. The molecule has 19 heavy (non-hydrogen) atoms. The van der Waals surface area contributed by atoms with Gasteiger partial charge < -0.3 is 0 Å². The zero-order valence-corrected chi connectivity index (χ0v) is 17.4. The van der Waals surface area contributed by atoms with Crippen LogP contribution >= 0.6 is 23.5 Å². The minimum atomic E-state index is 0.607. The Balaban J connectivity index is 1.47. The predicted octanol–water partition coefficient (Wildman–Crippen LogP) is 1.52. The fraction of sp³-hybridized carbons (Fsp3) is 0.571. The van der Waals surface area contributed by atoms with Gasteiger partial charge in [0, 0.05) is 0 Å². The molecule has 0 nitrogen and oxygen atoms in total. The third kappa shape index (κ3) is 5.64. The van der Waals surface area contributed by atoms with Crippen molar-refractivity contribution in [2.75, 3.05) is 11.5 Å². The molecule has 0 saturated carbocycles. The van der Waals surface area contributed by atoms with Crippen LogP contribution in [0.25, 0.3) is 0 Å². The van der Waals surface area contributed by atoms with Gasteiger partial charge in [0.15, 0.2) is 0 Å². The van der Waals surface area contributed by atoms with Crippen molar-refractivity contribution in [2.24, 2.45) is 0 Å². The van der Waals surface area contributed by atoms with Gasteiger partial charge in [-0.3, -0.25) is 0 Å². The average Bonchev–Trinajstić information content (AvgIpc) is 3.24. The Morgan fingerprint density at radius 1 is 1.11 bits per heavy atom. The summed E-state index contributed by atoms with van der Waals surface area (Å²) in [6.07, 6.45) is 4.96. The third-order valence-corrected chi connectivity index (χ3v) is 8.51. The van der Waals surface area contributed by atoms with Crippen molar-refractivity contribution in [2.45, 2.75) is 36.2 Å². The summed E-state index contributed by atoms with van der Waals surface area (Å²) in [5.41, 5.74) is 1.56. The van der Waals surface area contributed by atoms with Gasteiger partial charge in [0.2, 0.25) is 0 Å². The van der Waals surface area contributed by atoms with Gasteiger partial charge in [-0.1, -0.05) is 0 Å². The summed E-state index contributed by atoms with van der Waals surface area (Å²) in [6, 6.07) is 2.47. The van der Waals surface area contributed by atoms with Crippen LogP contribution in [0.15, 0.2) is 11.0 Å². The van der Waals surface area contributed by atoms with Crippen LogP contribution in [0.4, 0.5) is 0 Å². The molecule has 2 unspecified atom stereocenters. The number of hydrogen-bond acceptors (Lipinski definition) is 2. The first-order chi connectivity index (χ1) is 9.19. The Labute approximate surface area is 145 Å². The first kappa shape index (κ1) is 15.4. The van der Waals surface area contributed by atoms with Gasteiger partial charge >= 0.3 is 147 Å². The van der Waals surface area contributed by atoms with E-state index in [4.69, 9.17) is 0 Å². The molecular formula is C14H16S2Se3. The maximum absolute atomic E-state index is 3.30. The van der Waals surface area contributed by atoms with Crippen LogP contribution in [-0.4, -0.2) is 76.5 Å². The first-order valence-corrected chi connectivity index (χ1v) is 12.2. The van der Waals surface area contributed by atoms with Crippen molar-refractivity contribution in [3.8, 4) is 0 Å².